The van der Waals surface area contributed by atoms with Gasteiger partial charge in [-0.15, -0.1) is 11.3 Å². The lowest BCUT2D eigenvalue weighted by atomic mass is 10.2. The highest BCUT2D eigenvalue weighted by molar-refractivity contribution is 7.15. The highest BCUT2D eigenvalue weighted by Crippen LogP contribution is 2.27. The normalized spacial score (nSPS) is 14.6. The summed E-state index contributed by atoms with van der Waals surface area (Å²) in [5, 5.41) is 5.69. The van der Waals surface area contributed by atoms with Gasteiger partial charge < -0.3 is 10.2 Å². The van der Waals surface area contributed by atoms with E-state index >= 15 is 0 Å². The number of anilines is 2. The van der Waals surface area contributed by atoms with Gasteiger partial charge in [-0.2, -0.15) is 0 Å². The molecule has 2 aromatic rings. The molecule has 1 aromatic carbocycles. The molecule has 21 heavy (non-hydrogen) atoms. The lowest BCUT2D eigenvalue weighted by Crippen LogP contribution is -2.25. The average Bonchev–Trinajstić information content (AvgIpc) is 2.82. The van der Waals surface area contributed by atoms with Gasteiger partial charge >= 0.3 is 6.03 Å². The number of fused-ring (bicyclic) bond motifs is 1. The van der Waals surface area contributed by atoms with Crippen molar-refractivity contribution < 1.29 is 9.18 Å². The number of halogens is 1. The smallest absolute Gasteiger partial charge is 0.305 e. The number of hydrogen-bond donors (Lipinski definition) is 2. The lowest BCUT2D eigenvalue weighted by molar-refractivity contribution is 0.262. The molecule has 5 nitrogen and oxygen atoms in total. The van der Waals surface area contributed by atoms with Gasteiger partial charge in [0.2, 0.25) is 0 Å². The number of thiazole rings is 1. The fourth-order valence-corrected chi connectivity index (χ4v) is 3.27. The molecule has 2 heterocycles. The molecular weight excluding hydrogens is 291 g/mol. The summed E-state index contributed by atoms with van der Waals surface area (Å²) >= 11 is 1.46. The number of nitrogens with zero attached hydrogens (tertiary/aromatic N) is 2. The zero-order chi connectivity index (χ0) is 14.8. The Balaban J connectivity index is 1.67. The number of rotatable bonds is 2. The molecule has 1 aliphatic heterocycles. The van der Waals surface area contributed by atoms with Gasteiger partial charge in [-0.05, 0) is 19.2 Å². The van der Waals surface area contributed by atoms with Crippen LogP contribution in [0.2, 0.25) is 0 Å². The minimum Gasteiger partial charge on any atom is -0.305 e. The maximum atomic E-state index is 13.5. The first-order valence-corrected chi connectivity index (χ1v) is 7.43. The molecule has 0 bridgehead atoms. The zero-order valence-corrected chi connectivity index (χ0v) is 12.3. The van der Waals surface area contributed by atoms with Crippen LogP contribution in [0.3, 0.4) is 0 Å². The van der Waals surface area contributed by atoms with E-state index in [-0.39, 0.29) is 5.69 Å². The quantitative estimate of drug-likeness (QED) is 0.897. The summed E-state index contributed by atoms with van der Waals surface area (Å²) in [6, 6.07) is 5.56. The van der Waals surface area contributed by atoms with Gasteiger partial charge in [0, 0.05) is 24.4 Å². The van der Waals surface area contributed by atoms with E-state index in [4.69, 9.17) is 0 Å². The van der Waals surface area contributed by atoms with Crippen molar-refractivity contribution in [1.82, 2.24) is 9.88 Å². The van der Waals surface area contributed by atoms with Crippen LogP contribution < -0.4 is 10.6 Å². The van der Waals surface area contributed by atoms with Crippen LogP contribution in [-0.4, -0.2) is 29.5 Å². The van der Waals surface area contributed by atoms with Crippen LogP contribution in [-0.2, 0) is 13.0 Å². The zero-order valence-electron chi connectivity index (χ0n) is 11.5. The van der Waals surface area contributed by atoms with Crippen molar-refractivity contribution in [1.29, 1.82) is 0 Å². The fourth-order valence-electron chi connectivity index (χ4n) is 2.19. The number of urea groups is 1. The largest absolute Gasteiger partial charge is 0.325 e. The van der Waals surface area contributed by atoms with Crippen LogP contribution in [0.5, 0.6) is 0 Å². The average molecular weight is 306 g/mol. The molecule has 0 fully saturated rings. The number of benzene rings is 1. The third-order valence-electron chi connectivity index (χ3n) is 3.26. The number of aromatic nitrogens is 1. The van der Waals surface area contributed by atoms with E-state index in [1.165, 1.54) is 28.3 Å². The minimum atomic E-state index is -0.487. The second-order valence-corrected chi connectivity index (χ2v) is 6.02. The first-order chi connectivity index (χ1) is 10.1. The molecule has 110 valence electrons. The Morgan fingerprint density at radius 1 is 1.38 bits per heavy atom. The van der Waals surface area contributed by atoms with Crippen LogP contribution in [0.1, 0.15) is 10.6 Å². The Kier molecular flexibility index (Phi) is 3.85. The van der Waals surface area contributed by atoms with Crippen LogP contribution in [0.15, 0.2) is 24.3 Å². The summed E-state index contributed by atoms with van der Waals surface area (Å²) < 4.78 is 13.5. The molecule has 0 aliphatic carbocycles. The standard InChI is InChI=1S/C14H15FN4OS/c1-19-7-6-11-12(8-19)21-14(17-11)18-13(20)16-10-5-3-2-4-9(10)15/h2-5H,6-8H2,1H3,(H2,16,17,18,20). The van der Waals surface area contributed by atoms with Gasteiger partial charge in [-0.25, -0.2) is 14.2 Å². The Morgan fingerprint density at radius 2 is 2.19 bits per heavy atom. The van der Waals surface area contributed by atoms with Crippen LogP contribution in [0.25, 0.3) is 0 Å². The molecule has 3 rings (SSSR count). The summed E-state index contributed by atoms with van der Waals surface area (Å²) in [5.41, 5.74) is 1.19. The van der Waals surface area contributed by atoms with Crippen molar-refractivity contribution in [2.24, 2.45) is 0 Å². The van der Waals surface area contributed by atoms with Gasteiger partial charge in [0.15, 0.2) is 5.13 Å². The highest BCUT2D eigenvalue weighted by Gasteiger charge is 2.19. The van der Waals surface area contributed by atoms with Crippen molar-refractivity contribution >= 4 is 28.2 Å². The topological polar surface area (TPSA) is 57.3 Å². The van der Waals surface area contributed by atoms with E-state index in [0.717, 1.165) is 25.2 Å². The lowest BCUT2D eigenvalue weighted by Gasteiger charge is -2.20. The second kappa shape index (κ2) is 5.79. The number of carbonyl (C=O) groups is 1. The van der Waals surface area contributed by atoms with Gasteiger partial charge in [0.25, 0.3) is 0 Å². The Hall–Kier alpha value is -1.99. The summed E-state index contributed by atoms with van der Waals surface area (Å²) in [4.78, 5) is 19.7. The number of amides is 2. The van der Waals surface area contributed by atoms with E-state index in [9.17, 15) is 9.18 Å². The summed E-state index contributed by atoms with van der Waals surface area (Å²) in [7, 11) is 2.06. The van der Waals surface area contributed by atoms with Gasteiger partial charge in [-0.3, -0.25) is 5.32 Å². The number of hydrogen-bond acceptors (Lipinski definition) is 4. The van der Waals surface area contributed by atoms with Crippen molar-refractivity contribution in [2.45, 2.75) is 13.0 Å². The molecule has 0 spiro atoms. The van der Waals surface area contributed by atoms with Crippen molar-refractivity contribution in [3.8, 4) is 0 Å². The number of likely N-dealkylation sites (N-methyl/N-ethyl adjacent to an activating group) is 1. The summed E-state index contributed by atoms with van der Waals surface area (Å²) in [5.74, 6) is -0.465. The third kappa shape index (κ3) is 3.20. The summed E-state index contributed by atoms with van der Waals surface area (Å²) in [6.07, 6.45) is 0.888. The van der Waals surface area contributed by atoms with Crippen molar-refractivity contribution in [2.75, 3.05) is 24.2 Å². The van der Waals surface area contributed by atoms with E-state index in [1.807, 2.05) is 0 Å². The molecule has 7 heteroatoms. The molecule has 1 aromatic heterocycles. The van der Waals surface area contributed by atoms with Crippen LogP contribution in [0.4, 0.5) is 20.0 Å². The van der Waals surface area contributed by atoms with E-state index in [2.05, 4.69) is 27.6 Å². The van der Waals surface area contributed by atoms with Crippen LogP contribution >= 0.6 is 11.3 Å². The molecule has 2 N–H and O–H groups in total. The molecular formula is C14H15FN4OS. The Bertz CT molecular complexity index is 673. The highest BCUT2D eigenvalue weighted by atomic mass is 32.1. The molecule has 0 unspecified atom stereocenters. The minimum absolute atomic E-state index is 0.149. The fraction of sp³-hybridized carbons (Fsp3) is 0.286. The van der Waals surface area contributed by atoms with Gasteiger partial charge in [0.05, 0.1) is 11.4 Å². The second-order valence-electron chi connectivity index (χ2n) is 4.94. The van der Waals surface area contributed by atoms with E-state index < -0.39 is 11.8 Å². The molecule has 1 aliphatic rings. The maximum Gasteiger partial charge on any atom is 0.325 e. The van der Waals surface area contributed by atoms with Gasteiger partial charge in [-0.1, -0.05) is 12.1 Å². The number of carbonyl (C=O) groups excluding carboxylic acids is 1. The third-order valence-corrected chi connectivity index (χ3v) is 4.26. The first kappa shape index (κ1) is 14.0. The molecule has 0 saturated carbocycles. The Labute approximate surface area is 125 Å². The number of para-hydroxylation sites is 1. The molecule has 0 radical (unpaired) electrons. The van der Waals surface area contributed by atoms with Crippen molar-refractivity contribution in [3.05, 3.63) is 40.7 Å². The maximum absolute atomic E-state index is 13.5. The van der Waals surface area contributed by atoms with E-state index in [0.29, 0.717) is 5.13 Å². The molecule has 0 saturated heterocycles. The SMILES string of the molecule is CN1CCc2nc(NC(=O)Nc3ccccc3F)sc2C1. The van der Waals surface area contributed by atoms with Crippen LogP contribution in [0, 0.1) is 5.82 Å². The monoisotopic (exact) mass is 306 g/mol. The van der Waals surface area contributed by atoms with Crippen molar-refractivity contribution in [3.63, 3.8) is 0 Å². The first-order valence-electron chi connectivity index (χ1n) is 6.61. The number of nitrogens with one attached hydrogen (secondary N) is 2. The molecule has 2 amide bonds. The predicted octanol–water partition coefficient (Wildman–Crippen LogP) is 2.91. The van der Waals surface area contributed by atoms with E-state index in [1.54, 1.807) is 12.1 Å². The molecule has 0 atom stereocenters. The summed E-state index contributed by atoms with van der Waals surface area (Å²) in [6.45, 7) is 1.82. The van der Waals surface area contributed by atoms with Gasteiger partial charge in [0.1, 0.15) is 5.82 Å². The Morgan fingerprint density at radius 3 is 3.00 bits per heavy atom. The predicted molar refractivity (Wildman–Crippen MR) is 81.2 cm³/mol.